The minimum absolute atomic E-state index is 0.0887. The number of nitrogens with one attached hydrogen (secondary N) is 1. The summed E-state index contributed by atoms with van der Waals surface area (Å²) in [5.74, 6) is -1.04. The third-order valence-electron chi connectivity index (χ3n) is 2.95. The molecule has 1 fully saturated rings. The minimum Gasteiger partial charge on any atom is -0.480 e. The third kappa shape index (κ3) is 2.95. The SMILES string of the molecule is CCCN(CC(=O)O)C(=O)C1(C)CCCN1. The molecule has 0 radical (unpaired) electrons. The largest absolute Gasteiger partial charge is 0.480 e. The Balaban J connectivity index is 2.69. The van der Waals surface area contributed by atoms with Gasteiger partial charge in [0, 0.05) is 6.54 Å². The van der Waals surface area contributed by atoms with Crippen LogP contribution in [0.3, 0.4) is 0 Å². The van der Waals surface area contributed by atoms with Crippen molar-refractivity contribution in [3.63, 3.8) is 0 Å². The molecule has 16 heavy (non-hydrogen) atoms. The molecule has 1 saturated heterocycles. The normalized spacial score (nSPS) is 24.4. The maximum absolute atomic E-state index is 12.2. The second-order valence-electron chi connectivity index (χ2n) is 4.48. The molecule has 5 heteroatoms. The van der Waals surface area contributed by atoms with Gasteiger partial charge in [-0.1, -0.05) is 6.92 Å². The Labute approximate surface area is 95.8 Å². The fourth-order valence-corrected chi connectivity index (χ4v) is 2.11. The summed E-state index contributed by atoms with van der Waals surface area (Å²) in [6.07, 6.45) is 2.52. The molecular formula is C11H20N2O3. The van der Waals surface area contributed by atoms with E-state index in [4.69, 9.17) is 5.11 Å². The second-order valence-corrected chi connectivity index (χ2v) is 4.48. The maximum atomic E-state index is 12.2. The first kappa shape index (κ1) is 13.0. The number of carbonyl (C=O) groups excluding carboxylic acids is 1. The summed E-state index contributed by atoms with van der Waals surface area (Å²) in [5, 5.41) is 11.9. The van der Waals surface area contributed by atoms with E-state index in [-0.39, 0.29) is 12.5 Å². The van der Waals surface area contributed by atoms with Gasteiger partial charge in [0.15, 0.2) is 0 Å². The molecule has 1 rings (SSSR count). The number of carboxylic acids is 1. The highest BCUT2D eigenvalue weighted by Crippen LogP contribution is 2.21. The quantitative estimate of drug-likeness (QED) is 0.717. The Kier molecular flexibility index (Phi) is 4.29. The van der Waals surface area contributed by atoms with Gasteiger partial charge in [-0.05, 0) is 32.7 Å². The van der Waals surface area contributed by atoms with E-state index >= 15 is 0 Å². The molecule has 5 nitrogen and oxygen atoms in total. The number of nitrogens with zero attached hydrogens (tertiary/aromatic N) is 1. The van der Waals surface area contributed by atoms with Crippen molar-refractivity contribution in [3.05, 3.63) is 0 Å². The van der Waals surface area contributed by atoms with Crippen molar-refractivity contribution in [2.24, 2.45) is 0 Å². The lowest BCUT2D eigenvalue weighted by molar-refractivity contribution is -0.147. The predicted octanol–water partition coefficient (Wildman–Crippen LogP) is 0.452. The van der Waals surface area contributed by atoms with Gasteiger partial charge in [-0.15, -0.1) is 0 Å². The van der Waals surface area contributed by atoms with Crippen molar-refractivity contribution < 1.29 is 14.7 Å². The van der Waals surface area contributed by atoms with Gasteiger partial charge >= 0.3 is 5.97 Å². The van der Waals surface area contributed by atoms with E-state index in [0.29, 0.717) is 6.54 Å². The zero-order valence-corrected chi connectivity index (χ0v) is 9.95. The lowest BCUT2D eigenvalue weighted by Crippen LogP contribution is -2.54. The zero-order chi connectivity index (χ0) is 12.2. The molecule has 1 aliphatic rings. The fraction of sp³-hybridized carbons (Fsp3) is 0.818. The molecule has 1 aliphatic heterocycles. The summed E-state index contributed by atoms with van der Waals surface area (Å²) in [6.45, 7) is 4.92. The predicted molar refractivity (Wildman–Crippen MR) is 60.1 cm³/mol. The molecular weight excluding hydrogens is 208 g/mol. The molecule has 0 aromatic heterocycles. The van der Waals surface area contributed by atoms with Crippen LogP contribution >= 0.6 is 0 Å². The minimum atomic E-state index is -0.955. The molecule has 1 amide bonds. The van der Waals surface area contributed by atoms with Crippen molar-refractivity contribution in [1.29, 1.82) is 0 Å². The van der Waals surface area contributed by atoms with Crippen molar-refractivity contribution >= 4 is 11.9 Å². The van der Waals surface area contributed by atoms with Gasteiger partial charge < -0.3 is 15.3 Å². The zero-order valence-electron chi connectivity index (χ0n) is 9.95. The first-order valence-electron chi connectivity index (χ1n) is 5.76. The number of rotatable bonds is 5. The van der Waals surface area contributed by atoms with E-state index in [1.165, 1.54) is 4.90 Å². The Bertz CT molecular complexity index is 272. The van der Waals surface area contributed by atoms with E-state index in [1.807, 2.05) is 13.8 Å². The summed E-state index contributed by atoms with van der Waals surface area (Å²) in [7, 11) is 0. The summed E-state index contributed by atoms with van der Waals surface area (Å²) in [6, 6.07) is 0. The van der Waals surface area contributed by atoms with Crippen LogP contribution in [-0.2, 0) is 9.59 Å². The van der Waals surface area contributed by atoms with Crippen LogP contribution in [0.25, 0.3) is 0 Å². The summed E-state index contributed by atoms with van der Waals surface area (Å²) in [4.78, 5) is 24.3. The molecule has 1 heterocycles. The molecule has 0 saturated carbocycles. The van der Waals surface area contributed by atoms with Crippen LogP contribution in [0.4, 0.5) is 0 Å². The van der Waals surface area contributed by atoms with Gasteiger partial charge in [-0.3, -0.25) is 9.59 Å². The number of carbonyl (C=O) groups is 2. The highest BCUT2D eigenvalue weighted by molar-refractivity contribution is 5.88. The molecule has 0 aromatic rings. The molecule has 0 aliphatic carbocycles. The van der Waals surface area contributed by atoms with Gasteiger partial charge in [-0.25, -0.2) is 0 Å². The first-order valence-corrected chi connectivity index (χ1v) is 5.76. The number of aliphatic carboxylic acids is 1. The monoisotopic (exact) mass is 228 g/mol. The molecule has 1 atom stereocenters. The van der Waals surface area contributed by atoms with Crippen LogP contribution < -0.4 is 5.32 Å². The molecule has 0 spiro atoms. The second kappa shape index (κ2) is 5.30. The van der Waals surface area contributed by atoms with E-state index < -0.39 is 11.5 Å². The Morgan fingerprint density at radius 1 is 1.50 bits per heavy atom. The summed E-state index contributed by atoms with van der Waals surface area (Å²) < 4.78 is 0. The van der Waals surface area contributed by atoms with Gasteiger partial charge in [-0.2, -0.15) is 0 Å². The topological polar surface area (TPSA) is 69.6 Å². The maximum Gasteiger partial charge on any atom is 0.323 e. The van der Waals surface area contributed by atoms with Crippen LogP contribution in [0.15, 0.2) is 0 Å². The third-order valence-corrected chi connectivity index (χ3v) is 2.95. The van der Waals surface area contributed by atoms with Crippen LogP contribution in [0.5, 0.6) is 0 Å². The van der Waals surface area contributed by atoms with Gasteiger partial charge in [0.05, 0.1) is 5.54 Å². The van der Waals surface area contributed by atoms with Crippen LogP contribution in [0.1, 0.15) is 33.1 Å². The molecule has 1 unspecified atom stereocenters. The Morgan fingerprint density at radius 2 is 2.19 bits per heavy atom. The van der Waals surface area contributed by atoms with E-state index in [0.717, 1.165) is 25.8 Å². The molecule has 0 bridgehead atoms. The van der Waals surface area contributed by atoms with Crippen LogP contribution in [0.2, 0.25) is 0 Å². The van der Waals surface area contributed by atoms with E-state index in [9.17, 15) is 9.59 Å². The fourth-order valence-electron chi connectivity index (χ4n) is 2.11. The summed E-state index contributed by atoms with van der Waals surface area (Å²) >= 11 is 0. The van der Waals surface area contributed by atoms with Gasteiger partial charge in [0.25, 0.3) is 0 Å². The van der Waals surface area contributed by atoms with Gasteiger partial charge in [0.2, 0.25) is 5.91 Å². The van der Waals surface area contributed by atoms with Crippen LogP contribution in [-0.4, -0.2) is 47.1 Å². The standard InChI is InChI=1S/C11H20N2O3/c1-3-7-13(8-9(14)15)10(16)11(2)5-4-6-12-11/h12H,3-8H2,1-2H3,(H,14,15). The average molecular weight is 228 g/mol. The molecule has 92 valence electrons. The number of hydrogen-bond donors (Lipinski definition) is 2. The highest BCUT2D eigenvalue weighted by Gasteiger charge is 2.39. The molecule has 2 N–H and O–H groups in total. The smallest absolute Gasteiger partial charge is 0.323 e. The first-order chi connectivity index (χ1) is 7.49. The van der Waals surface area contributed by atoms with Crippen molar-refractivity contribution in [1.82, 2.24) is 10.2 Å². The highest BCUT2D eigenvalue weighted by atomic mass is 16.4. The van der Waals surface area contributed by atoms with E-state index in [2.05, 4.69) is 5.32 Å². The van der Waals surface area contributed by atoms with Crippen molar-refractivity contribution in [2.75, 3.05) is 19.6 Å². The Hall–Kier alpha value is -1.10. The average Bonchev–Trinajstić information content (AvgIpc) is 2.64. The van der Waals surface area contributed by atoms with Crippen LogP contribution in [0, 0.1) is 0 Å². The van der Waals surface area contributed by atoms with Crippen molar-refractivity contribution in [2.45, 2.75) is 38.6 Å². The Morgan fingerprint density at radius 3 is 2.62 bits per heavy atom. The number of hydrogen-bond acceptors (Lipinski definition) is 3. The molecule has 0 aromatic carbocycles. The summed E-state index contributed by atoms with van der Waals surface area (Å²) in [5.41, 5.74) is -0.565. The number of amides is 1. The lowest BCUT2D eigenvalue weighted by atomic mass is 9.98. The number of carboxylic acid groups (broad SMARTS) is 1. The van der Waals surface area contributed by atoms with E-state index in [1.54, 1.807) is 0 Å². The lowest BCUT2D eigenvalue weighted by Gasteiger charge is -2.30. The van der Waals surface area contributed by atoms with Gasteiger partial charge in [0.1, 0.15) is 6.54 Å². The van der Waals surface area contributed by atoms with Crippen molar-refractivity contribution in [3.8, 4) is 0 Å².